The molecule has 15 heavy (non-hydrogen) atoms. The van der Waals surface area contributed by atoms with Crippen LogP contribution in [0.3, 0.4) is 0 Å². The van der Waals surface area contributed by atoms with Crippen molar-refractivity contribution in [2.75, 3.05) is 32.7 Å². The molecule has 0 aliphatic carbocycles. The van der Waals surface area contributed by atoms with Crippen LogP contribution < -0.4 is 5.32 Å². The Morgan fingerprint density at radius 2 is 2.27 bits per heavy atom. The quantitative estimate of drug-likeness (QED) is 0.650. The summed E-state index contributed by atoms with van der Waals surface area (Å²) in [4.78, 5) is 2.37. The standard InChI is InChI=1S/C12H26N2O/c1-4-6-13-8-11(2)9-14-7-5-12(3,15)10-14/h11,13,15H,4-10H2,1-3H3. The van der Waals surface area contributed by atoms with Crippen molar-refractivity contribution in [1.29, 1.82) is 0 Å². The van der Waals surface area contributed by atoms with Gasteiger partial charge in [0.15, 0.2) is 0 Å². The third kappa shape index (κ3) is 4.96. The van der Waals surface area contributed by atoms with Gasteiger partial charge in [-0.05, 0) is 38.8 Å². The Kier molecular flexibility index (Phi) is 5.03. The number of likely N-dealkylation sites (tertiary alicyclic amines) is 1. The molecule has 3 nitrogen and oxygen atoms in total. The molecule has 2 N–H and O–H groups in total. The van der Waals surface area contributed by atoms with Gasteiger partial charge < -0.3 is 15.3 Å². The molecule has 0 radical (unpaired) electrons. The molecule has 0 aromatic rings. The average Bonchev–Trinajstić information content (AvgIpc) is 2.46. The van der Waals surface area contributed by atoms with Crippen LogP contribution in [0.15, 0.2) is 0 Å². The number of rotatable bonds is 6. The van der Waals surface area contributed by atoms with Gasteiger partial charge in [0.2, 0.25) is 0 Å². The first-order chi connectivity index (χ1) is 7.03. The molecule has 0 spiro atoms. The van der Waals surface area contributed by atoms with E-state index in [9.17, 15) is 5.11 Å². The maximum atomic E-state index is 9.83. The highest BCUT2D eigenvalue weighted by Crippen LogP contribution is 2.20. The normalized spacial score (nSPS) is 29.6. The van der Waals surface area contributed by atoms with E-state index in [0.717, 1.165) is 39.1 Å². The molecule has 0 aromatic heterocycles. The van der Waals surface area contributed by atoms with Crippen LogP contribution in [0.2, 0.25) is 0 Å². The van der Waals surface area contributed by atoms with E-state index in [2.05, 4.69) is 24.1 Å². The molecule has 1 saturated heterocycles. The molecule has 3 heteroatoms. The Labute approximate surface area is 93.9 Å². The van der Waals surface area contributed by atoms with Crippen molar-refractivity contribution in [3.05, 3.63) is 0 Å². The first-order valence-electron chi connectivity index (χ1n) is 6.19. The summed E-state index contributed by atoms with van der Waals surface area (Å²) < 4.78 is 0. The van der Waals surface area contributed by atoms with E-state index in [1.165, 1.54) is 6.42 Å². The molecular weight excluding hydrogens is 188 g/mol. The Bertz CT molecular complexity index is 182. The van der Waals surface area contributed by atoms with Crippen molar-refractivity contribution in [3.63, 3.8) is 0 Å². The molecule has 1 rings (SSSR count). The lowest BCUT2D eigenvalue weighted by atomic mass is 10.1. The predicted molar refractivity (Wildman–Crippen MR) is 64.0 cm³/mol. The highest BCUT2D eigenvalue weighted by atomic mass is 16.3. The van der Waals surface area contributed by atoms with Crippen LogP contribution in [0.4, 0.5) is 0 Å². The lowest BCUT2D eigenvalue weighted by Crippen LogP contribution is -2.35. The number of hydrogen-bond donors (Lipinski definition) is 2. The maximum Gasteiger partial charge on any atom is 0.0758 e. The van der Waals surface area contributed by atoms with Gasteiger partial charge >= 0.3 is 0 Å². The van der Waals surface area contributed by atoms with Crippen molar-refractivity contribution < 1.29 is 5.11 Å². The summed E-state index contributed by atoms with van der Waals surface area (Å²) in [5, 5.41) is 13.3. The van der Waals surface area contributed by atoms with E-state index in [4.69, 9.17) is 0 Å². The van der Waals surface area contributed by atoms with Gasteiger partial charge in [0.25, 0.3) is 0 Å². The topological polar surface area (TPSA) is 35.5 Å². The van der Waals surface area contributed by atoms with E-state index >= 15 is 0 Å². The maximum absolute atomic E-state index is 9.83. The van der Waals surface area contributed by atoms with Gasteiger partial charge in [-0.25, -0.2) is 0 Å². The molecule has 1 aliphatic rings. The van der Waals surface area contributed by atoms with Crippen molar-refractivity contribution >= 4 is 0 Å². The summed E-state index contributed by atoms with van der Waals surface area (Å²) in [7, 11) is 0. The molecule has 0 aromatic carbocycles. The van der Waals surface area contributed by atoms with Crippen LogP contribution >= 0.6 is 0 Å². The van der Waals surface area contributed by atoms with E-state index in [1.807, 2.05) is 6.92 Å². The molecule has 1 fully saturated rings. The van der Waals surface area contributed by atoms with E-state index in [1.54, 1.807) is 0 Å². The molecule has 0 amide bonds. The van der Waals surface area contributed by atoms with Gasteiger partial charge in [0.1, 0.15) is 0 Å². The largest absolute Gasteiger partial charge is 0.389 e. The fourth-order valence-corrected chi connectivity index (χ4v) is 2.23. The van der Waals surface area contributed by atoms with Crippen LogP contribution in [0.1, 0.15) is 33.6 Å². The Morgan fingerprint density at radius 1 is 1.53 bits per heavy atom. The summed E-state index contributed by atoms with van der Waals surface area (Å²) in [6.07, 6.45) is 2.12. The van der Waals surface area contributed by atoms with Crippen LogP contribution in [0, 0.1) is 5.92 Å². The number of hydrogen-bond acceptors (Lipinski definition) is 3. The zero-order valence-corrected chi connectivity index (χ0v) is 10.4. The Hall–Kier alpha value is -0.120. The summed E-state index contributed by atoms with van der Waals surface area (Å²) in [6.45, 7) is 11.6. The fraction of sp³-hybridized carbons (Fsp3) is 1.00. The molecule has 1 aliphatic heterocycles. The van der Waals surface area contributed by atoms with Crippen LogP contribution in [-0.2, 0) is 0 Å². The average molecular weight is 214 g/mol. The third-order valence-electron chi connectivity index (χ3n) is 3.02. The van der Waals surface area contributed by atoms with Crippen molar-refractivity contribution in [1.82, 2.24) is 10.2 Å². The van der Waals surface area contributed by atoms with E-state index in [-0.39, 0.29) is 0 Å². The molecule has 2 unspecified atom stereocenters. The second kappa shape index (κ2) is 5.83. The Morgan fingerprint density at radius 3 is 2.80 bits per heavy atom. The smallest absolute Gasteiger partial charge is 0.0758 e. The second-order valence-electron chi connectivity index (χ2n) is 5.29. The number of aliphatic hydroxyl groups is 1. The predicted octanol–water partition coefficient (Wildman–Crippen LogP) is 1.08. The minimum atomic E-state index is -0.448. The molecule has 2 atom stereocenters. The lowest BCUT2D eigenvalue weighted by molar-refractivity contribution is 0.0670. The van der Waals surface area contributed by atoms with Crippen molar-refractivity contribution in [2.24, 2.45) is 5.92 Å². The van der Waals surface area contributed by atoms with Gasteiger partial charge in [-0.1, -0.05) is 13.8 Å². The second-order valence-corrected chi connectivity index (χ2v) is 5.29. The SMILES string of the molecule is CCCNCC(C)CN1CCC(C)(O)C1. The summed E-state index contributed by atoms with van der Waals surface area (Å²) in [5.74, 6) is 0.672. The minimum absolute atomic E-state index is 0.448. The van der Waals surface area contributed by atoms with E-state index < -0.39 is 5.60 Å². The summed E-state index contributed by atoms with van der Waals surface area (Å²) >= 11 is 0. The molecule has 1 heterocycles. The molecule has 0 bridgehead atoms. The monoisotopic (exact) mass is 214 g/mol. The van der Waals surface area contributed by atoms with Gasteiger partial charge in [0, 0.05) is 19.6 Å². The highest BCUT2D eigenvalue weighted by molar-refractivity contribution is 4.86. The number of nitrogens with zero attached hydrogens (tertiary/aromatic N) is 1. The van der Waals surface area contributed by atoms with Crippen LogP contribution in [0.5, 0.6) is 0 Å². The lowest BCUT2D eigenvalue weighted by Gasteiger charge is -2.22. The zero-order chi connectivity index (χ0) is 11.3. The van der Waals surface area contributed by atoms with Crippen LogP contribution in [0.25, 0.3) is 0 Å². The van der Waals surface area contributed by atoms with Crippen molar-refractivity contribution in [3.8, 4) is 0 Å². The first-order valence-corrected chi connectivity index (χ1v) is 6.19. The van der Waals surface area contributed by atoms with Gasteiger partial charge in [-0.15, -0.1) is 0 Å². The first kappa shape index (κ1) is 12.9. The fourth-order valence-electron chi connectivity index (χ4n) is 2.23. The molecule has 90 valence electrons. The van der Waals surface area contributed by atoms with Crippen LogP contribution in [-0.4, -0.2) is 48.3 Å². The molecular formula is C12H26N2O. The van der Waals surface area contributed by atoms with E-state index in [0.29, 0.717) is 5.92 Å². The summed E-state index contributed by atoms with van der Waals surface area (Å²) in [6, 6.07) is 0. The minimum Gasteiger partial charge on any atom is -0.389 e. The van der Waals surface area contributed by atoms with Crippen molar-refractivity contribution in [2.45, 2.75) is 39.2 Å². The van der Waals surface area contributed by atoms with Gasteiger partial charge in [0.05, 0.1) is 5.60 Å². The number of β-amino-alcohol motifs (C(OH)–C–C–N with tert-alkyl or cyclic N) is 1. The third-order valence-corrected chi connectivity index (χ3v) is 3.02. The number of nitrogens with one attached hydrogen (secondary N) is 1. The summed E-state index contributed by atoms with van der Waals surface area (Å²) in [5.41, 5.74) is -0.448. The highest BCUT2D eigenvalue weighted by Gasteiger charge is 2.31. The van der Waals surface area contributed by atoms with Gasteiger partial charge in [-0.2, -0.15) is 0 Å². The van der Waals surface area contributed by atoms with Gasteiger partial charge in [-0.3, -0.25) is 0 Å². The zero-order valence-electron chi connectivity index (χ0n) is 10.4. The molecule has 0 saturated carbocycles. The Balaban J connectivity index is 2.13.